The summed E-state index contributed by atoms with van der Waals surface area (Å²) in [5.41, 5.74) is 3.27. The SMILES string of the molecule is O=c1cc(N2CCN(c3ncnc4cnccc34)CC2)c(-c2ccccc2)n[nH]1. The zero-order valence-electron chi connectivity index (χ0n) is 15.7. The standard InChI is InChI=1S/C21H19N7O/c29-19-12-18(20(26-25-19)15-4-2-1-3-5-15)27-8-10-28(11-9-27)21-16-6-7-22-13-17(16)23-14-24-21/h1-7,12-14H,8-11H2,(H,25,29). The second-order valence-electron chi connectivity index (χ2n) is 6.90. The number of aromatic amines is 1. The van der Waals surface area contributed by atoms with Gasteiger partial charge in [-0.1, -0.05) is 30.3 Å². The summed E-state index contributed by atoms with van der Waals surface area (Å²) in [5.74, 6) is 0.921. The van der Waals surface area contributed by atoms with Crippen LogP contribution < -0.4 is 15.4 Å². The maximum absolute atomic E-state index is 12.0. The van der Waals surface area contributed by atoms with Crippen molar-refractivity contribution < 1.29 is 0 Å². The summed E-state index contributed by atoms with van der Waals surface area (Å²) < 4.78 is 0. The van der Waals surface area contributed by atoms with Crippen LogP contribution in [0.4, 0.5) is 11.5 Å². The lowest BCUT2D eigenvalue weighted by atomic mass is 10.1. The lowest BCUT2D eigenvalue weighted by molar-refractivity contribution is 0.647. The van der Waals surface area contributed by atoms with Gasteiger partial charge in [-0.25, -0.2) is 15.1 Å². The quantitative estimate of drug-likeness (QED) is 0.577. The molecule has 8 heteroatoms. The van der Waals surface area contributed by atoms with Gasteiger partial charge in [0.2, 0.25) is 0 Å². The maximum atomic E-state index is 12.0. The monoisotopic (exact) mass is 385 g/mol. The number of nitrogens with zero attached hydrogens (tertiary/aromatic N) is 6. The van der Waals surface area contributed by atoms with Crippen molar-refractivity contribution in [2.24, 2.45) is 0 Å². The van der Waals surface area contributed by atoms with E-state index in [0.29, 0.717) is 0 Å². The molecule has 4 aromatic rings. The Morgan fingerprint density at radius 1 is 0.931 bits per heavy atom. The number of H-pyrrole nitrogens is 1. The number of nitrogens with one attached hydrogen (secondary N) is 1. The molecule has 5 rings (SSSR count). The number of hydrogen-bond acceptors (Lipinski definition) is 7. The third kappa shape index (κ3) is 3.29. The molecular formula is C21H19N7O. The molecule has 1 aliphatic heterocycles. The first-order valence-electron chi connectivity index (χ1n) is 9.49. The molecule has 0 amide bonds. The molecule has 0 atom stereocenters. The zero-order chi connectivity index (χ0) is 19.6. The van der Waals surface area contributed by atoms with Crippen LogP contribution in [0.25, 0.3) is 22.2 Å². The van der Waals surface area contributed by atoms with E-state index in [9.17, 15) is 4.79 Å². The third-order valence-electron chi connectivity index (χ3n) is 5.17. The van der Waals surface area contributed by atoms with Gasteiger partial charge >= 0.3 is 0 Å². The molecule has 1 saturated heterocycles. The fourth-order valence-corrected chi connectivity index (χ4v) is 3.75. The van der Waals surface area contributed by atoms with Crippen molar-refractivity contribution in [2.75, 3.05) is 36.0 Å². The first kappa shape index (κ1) is 17.3. The van der Waals surface area contributed by atoms with Crippen molar-refractivity contribution >= 4 is 22.4 Å². The smallest absolute Gasteiger partial charge is 0.266 e. The third-order valence-corrected chi connectivity index (χ3v) is 5.17. The number of fused-ring (bicyclic) bond motifs is 1. The number of hydrogen-bond donors (Lipinski definition) is 1. The summed E-state index contributed by atoms with van der Waals surface area (Å²) in [6.45, 7) is 3.11. The van der Waals surface area contributed by atoms with E-state index in [4.69, 9.17) is 0 Å². The summed E-state index contributed by atoms with van der Waals surface area (Å²) in [7, 11) is 0. The summed E-state index contributed by atoms with van der Waals surface area (Å²) in [5, 5.41) is 7.89. The second-order valence-corrected chi connectivity index (χ2v) is 6.90. The fraction of sp³-hybridized carbons (Fsp3) is 0.190. The van der Waals surface area contributed by atoms with E-state index in [2.05, 4.69) is 34.9 Å². The van der Waals surface area contributed by atoms with Crippen molar-refractivity contribution in [3.05, 3.63) is 71.5 Å². The van der Waals surface area contributed by atoms with E-state index in [1.807, 2.05) is 36.4 Å². The van der Waals surface area contributed by atoms with Gasteiger partial charge in [-0.15, -0.1) is 0 Å². The van der Waals surface area contributed by atoms with Gasteiger partial charge in [-0.3, -0.25) is 9.78 Å². The average Bonchev–Trinajstić information content (AvgIpc) is 2.79. The Bertz CT molecular complexity index is 1200. The van der Waals surface area contributed by atoms with Crippen molar-refractivity contribution in [2.45, 2.75) is 0 Å². The number of rotatable bonds is 3. The topological polar surface area (TPSA) is 90.9 Å². The lowest BCUT2D eigenvalue weighted by Gasteiger charge is -2.37. The lowest BCUT2D eigenvalue weighted by Crippen LogP contribution is -2.47. The van der Waals surface area contributed by atoms with Crippen molar-refractivity contribution in [1.82, 2.24) is 25.1 Å². The summed E-state index contributed by atoms with van der Waals surface area (Å²) >= 11 is 0. The largest absolute Gasteiger partial charge is 0.366 e. The fourth-order valence-electron chi connectivity index (χ4n) is 3.75. The molecule has 29 heavy (non-hydrogen) atoms. The molecule has 8 nitrogen and oxygen atoms in total. The van der Waals surface area contributed by atoms with Crippen LogP contribution in [0.5, 0.6) is 0 Å². The minimum atomic E-state index is -0.198. The molecule has 1 aliphatic rings. The number of aromatic nitrogens is 5. The molecule has 4 heterocycles. The summed E-state index contributed by atoms with van der Waals surface area (Å²) in [6.07, 6.45) is 5.10. The van der Waals surface area contributed by atoms with Crippen LogP contribution >= 0.6 is 0 Å². The Morgan fingerprint density at radius 3 is 2.55 bits per heavy atom. The van der Waals surface area contributed by atoms with Crippen LogP contribution in [0.1, 0.15) is 0 Å². The molecule has 0 aliphatic carbocycles. The van der Waals surface area contributed by atoms with Crippen molar-refractivity contribution in [1.29, 1.82) is 0 Å². The normalized spacial score (nSPS) is 14.3. The van der Waals surface area contributed by atoms with Gasteiger partial charge in [-0.2, -0.15) is 5.10 Å². The number of anilines is 2. The Kier molecular flexibility index (Phi) is 4.36. The van der Waals surface area contributed by atoms with E-state index >= 15 is 0 Å². The Morgan fingerprint density at radius 2 is 1.72 bits per heavy atom. The molecular weight excluding hydrogens is 366 g/mol. The molecule has 0 saturated carbocycles. The Balaban J connectivity index is 1.43. The Hall–Kier alpha value is -3.81. The van der Waals surface area contributed by atoms with Gasteiger partial charge in [0.25, 0.3) is 5.56 Å². The molecule has 0 spiro atoms. The van der Waals surface area contributed by atoms with Crippen LogP contribution in [-0.4, -0.2) is 51.3 Å². The highest BCUT2D eigenvalue weighted by Gasteiger charge is 2.23. The molecule has 0 bridgehead atoms. The number of pyridine rings is 1. The highest BCUT2D eigenvalue weighted by Crippen LogP contribution is 2.29. The maximum Gasteiger partial charge on any atom is 0.266 e. The highest BCUT2D eigenvalue weighted by atomic mass is 16.1. The molecule has 3 aromatic heterocycles. The van der Waals surface area contributed by atoms with Crippen LogP contribution in [0.15, 0.2) is 66.0 Å². The van der Waals surface area contributed by atoms with E-state index < -0.39 is 0 Å². The Labute approximate surface area is 166 Å². The zero-order valence-corrected chi connectivity index (χ0v) is 15.7. The van der Waals surface area contributed by atoms with Crippen LogP contribution in [0, 0.1) is 0 Å². The van der Waals surface area contributed by atoms with Gasteiger partial charge < -0.3 is 9.80 Å². The van der Waals surface area contributed by atoms with E-state index in [-0.39, 0.29) is 5.56 Å². The first-order chi connectivity index (χ1) is 14.3. The average molecular weight is 385 g/mol. The summed E-state index contributed by atoms with van der Waals surface area (Å²) in [6, 6.07) is 13.5. The highest BCUT2D eigenvalue weighted by molar-refractivity contribution is 5.88. The van der Waals surface area contributed by atoms with Gasteiger partial charge in [0.1, 0.15) is 17.8 Å². The van der Waals surface area contributed by atoms with Gasteiger partial charge in [-0.05, 0) is 6.07 Å². The summed E-state index contributed by atoms with van der Waals surface area (Å²) in [4.78, 5) is 29.4. The molecule has 0 radical (unpaired) electrons. The van der Waals surface area contributed by atoms with E-state index in [0.717, 1.165) is 59.8 Å². The predicted molar refractivity (Wildman–Crippen MR) is 112 cm³/mol. The van der Waals surface area contributed by atoms with Crippen LogP contribution in [0.2, 0.25) is 0 Å². The van der Waals surface area contributed by atoms with Gasteiger partial charge in [0.15, 0.2) is 0 Å². The second kappa shape index (κ2) is 7.31. The first-order valence-corrected chi connectivity index (χ1v) is 9.49. The molecule has 1 fully saturated rings. The predicted octanol–water partition coefficient (Wildman–Crippen LogP) is 2.10. The van der Waals surface area contributed by atoms with Gasteiger partial charge in [0, 0.05) is 49.4 Å². The molecule has 1 aromatic carbocycles. The van der Waals surface area contributed by atoms with Crippen LogP contribution in [-0.2, 0) is 0 Å². The van der Waals surface area contributed by atoms with Crippen LogP contribution in [0.3, 0.4) is 0 Å². The minimum absolute atomic E-state index is 0.198. The van der Waals surface area contributed by atoms with Gasteiger partial charge in [0.05, 0.1) is 17.4 Å². The number of piperazine rings is 1. The van der Waals surface area contributed by atoms with E-state index in [1.165, 1.54) is 0 Å². The van der Waals surface area contributed by atoms with Crippen molar-refractivity contribution in [3.63, 3.8) is 0 Å². The minimum Gasteiger partial charge on any atom is -0.366 e. The molecule has 0 unspecified atom stereocenters. The molecule has 1 N–H and O–H groups in total. The van der Waals surface area contributed by atoms with Crippen molar-refractivity contribution in [3.8, 4) is 11.3 Å². The number of benzene rings is 1. The van der Waals surface area contributed by atoms with E-state index in [1.54, 1.807) is 24.8 Å². The molecule has 144 valence electrons.